The van der Waals surface area contributed by atoms with Crippen molar-refractivity contribution < 1.29 is 303 Å². The Labute approximate surface area is 978 Å². The molecule has 2 N–H and O–H groups in total. The second-order valence-electron chi connectivity index (χ2n) is 39.6. The van der Waals surface area contributed by atoms with Crippen LogP contribution in [0.2, 0.25) is 0 Å². The van der Waals surface area contributed by atoms with Gasteiger partial charge in [0.1, 0.15) is 24.6 Å². The number of fused-ring (bicyclic) bond motifs is 5. The third kappa shape index (κ3) is 39.2. The van der Waals surface area contributed by atoms with Crippen molar-refractivity contribution in [2.75, 3.05) is 12.4 Å². The monoisotopic (exact) mass is 2500 g/mol. The van der Waals surface area contributed by atoms with Gasteiger partial charge in [-0.25, -0.2) is 14.4 Å². The molecule has 0 spiro atoms. The number of aliphatic hydroxyl groups is 1. The molecule has 10 saturated carbocycles. The summed E-state index contributed by atoms with van der Waals surface area (Å²) >= 11 is 1.41. The van der Waals surface area contributed by atoms with E-state index in [4.69, 9.17) is 76.2 Å². The molecule has 0 aromatic carbocycles. The van der Waals surface area contributed by atoms with Gasteiger partial charge >= 0.3 is 84.8 Å². The molecule has 10 aliphatic carbocycles. The summed E-state index contributed by atoms with van der Waals surface area (Å²) in [6, 6.07) is 0. The molecular weight excluding hydrogens is 2350 g/mol. The summed E-state index contributed by atoms with van der Waals surface area (Å²) in [5.41, 5.74) is 9.97. The van der Waals surface area contributed by atoms with Gasteiger partial charge in [-0.3, -0.25) is 39.2 Å². The number of alkyl halides is 1. The van der Waals surface area contributed by atoms with E-state index in [1.807, 2.05) is 19.9 Å². The molecule has 15 unspecified atom stereocenters. The zero-order chi connectivity index (χ0) is 85.1. The Morgan fingerprint density at radius 2 is 0.898 bits per heavy atom. The van der Waals surface area contributed by atoms with Crippen molar-refractivity contribution in [3.05, 3.63) is 117 Å². The fourth-order valence-corrected chi connectivity index (χ4v) is 26.3. The van der Waals surface area contributed by atoms with Crippen LogP contribution in [0.5, 0.6) is 0 Å². The van der Waals surface area contributed by atoms with Crippen LogP contribution in [0.4, 0.5) is 0 Å². The van der Waals surface area contributed by atoms with Crippen LogP contribution in [0.3, 0.4) is 0 Å². The van der Waals surface area contributed by atoms with Crippen LogP contribution in [0, 0.1) is 168 Å². The third-order valence-corrected chi connectivity index (χ3v) is 32.9. The van der Waals surface area contributed by atoms with E-state index >= 15 is 0 Å². The average molecular weight is 2510 g/mol. The Morgan fingerprint density at radius 3 is 1.17 bits per heavy atom. The predicted molar refractivity (Wildman–Crippen MR) is 489 cm³/mol. The summed E-state index contributed by atoms with van der Waals surface area (Å²) in [5.74, 6) is 9.54. The van der Waals surface area contributed by atoms with Crippen molar-refractivity contribution in [3.63, 3.8) is 0 Å². The fourth-order valence-electron chi connectivity index (χ4n) is 26.3. The van der Waals surface area contributed by atoms with Gasteiger partial charge in [-0.05, 0) is 289 Å². The van der Waals surface area contributed by atoms with Crippen molar-refractivity contribution in [1.82, 2.24) is 0 Å². The topological polar surface area (TPSA) is 173 Å². The molecule has 26 heteroatoms. The number of aldehydes is 1. The van der Waals surface area contributed by atoms with Gasteiger partial charge in [0.05, 0.1) is 19.1 Å². The molecule has 13 aliphatic rings. The Bertz CT molecular complexity index is 3440. The summed E-state index contributed by atoms with van der Waals surface area (Å²) in [7, 11) is 16.1. The summed E-state index contributed by atoms with van der Waals surface area (Å²) in [6.07, 6.45) is 48.4. The van der Waals surface area contributed by atoms with Gasteiger partial charge in [0.15, 0.2) is 0 Å². The van der Waals surface area contributed by atoms with Gasteiger partial charge in [-0.2, -0.15) is 0 Å². The first-order valence-corrected chi connectivity index (χ1v) is 52.4. The average Bonchev–Trinajstić information content (AvgIpc) is 1.63. The number of cyclic esters (lactones) is 3. The Kier molecular flexibility index (Phi) is 77.0. The number of hydrogen-bond acceptors (Lipinski definition) is 11. The quantitative estimate of drug-likeness (QED) is 0.0185. The number of hydrogen-bond donors (Lipinski definition) is 1. The minimum atomic E-state index is -1.66. The number of methoxy groups -OCH3 is 1. The molecule has 3 aliphatic heterocycles. The van der Waals surface area contributed by atoms with Crippen LogP contribution in [0.15, 0.2) is 70.4 Å². The van der Waals surface area contributed by atoms with E-state index in [1.54, 1.807) is 0 Å². The molecule has 7 radical (unpaired) electrons. The van der Waals surface area contributed by atoms with Gasteiger partial charge in [0, 0.05) is 254 Å². The number of allylic oxidation sites excluding steroid dienone is 6. The van der Waals surface area contributed by atoms with Crippen LogP contribution in [0.25, 0.3) is 0 Å². The van der Waals surface area contributed by atoms with E-state index in [0.29, 0.717) is 116 Å². The Balaban J connectivity index is -0.000000274. The second-order valence-corrected chi connectivity index (χ2v) is 47.6. The molecule has 13 rings (SSSR count). The number of rotatable bonds is 24. The third-order valence-electron chi connectivity index (χ3n) is 32.5. The summed E-state index contributed by atoms with van der Waals surface area (Å²) in [6.45, 7) is 70.2. The fraction of sp³-hybridized carbons (Fsp3) is 0.762. The number of carbonyl (C=O) groups is 5. The van der Waals surface area contributed by atoms with Gasteiger partial charge in [-0.1, -0.05) is 154 Å². The first-order chi connectivity index (χ1) is 54.3. The second kappa shape index (κ2) is 68.4. The van der Waals surface area contributed by atoms with Gasteiger partial charge in [0.25, 0.3) is 0 Å². The molecule has 12 fully saturated rings. The summed E-state index contributed by atoms with van der Waals surface area (Å²) in [5, 5.41) is 11.0. The Morgan fingerprint density at radius 1 is 0.591 bits per heavy atom. The zero-order valence-corrected chi connectivity index (χ0v) is 106. The number of ether oxygens (including phenoxy) is 4. The molecular formula is C101H158BrCl4Co2LiO11RhY5Zn-7. The molecule has 0 amide bonds. The van der Waals surface area contributed by atoms with Crippen LogP contribution in [0.1, 0.15) is 329 Å². The number of aliphatic hydroxyl groups excluding tert-OH is 1. The smallest absolute Gasteiger partial charge is 0.870 e. The molecule has 715 valence electrons. The minimum Gasteiger partial charge on any atom is -0.870 e. The molecule has 0 aromatic heterocycles. The van der Waals surface area contributed by atoms with E-state index < -0.39 is 25.1 Å². The molecule has 0 bridgehead atoms. The van der Waals surface area contributed by atoms with Crippen molar-refractivity contribution in [2.45, 2.75) is 351 Å². The van der Waals surface area contributed by atoms with Gasteiger partial charge in [-0.15, -0.1) is 33.7 Å². The molecule has 127 heavy (non-hydrogen) atoms. The van der Waals surface area contributed by atoms with Crippen LogP contribution < -0.4 is 18.9 Å². The minimum absolute atomic E-state index is 0. The molecule has 25 atom stereocenters. The number of esters is 4. The van der Waals surface area contributed by atoms with Crippen LogP contribution in [-0.2, 0) is 272 Å². The van der Waals surface area contributed by atoms with Gasteiger partial charge < -0.3 is 80.7 Å². The predicted octanol–water partition coefficient (Wildman–Crippen LogP) is 24.6. The van der Waals surface area contributed by atoms with Gasteiger partial charge in [0.2, 0.25) is 0 Å². The van der Waals surface area contributed by atoms with E-state index in [2.05, 4.69) is 116 Å². The first-order valence-electron chi connectivity index (χ1n) is 44.9. The van der Waals surface area contributed by atoms with E-state index in [-0.39, 0.29) is 304 Å². The summed E-state index contributed by atoms with van der Waals surface area (Å²) in [4.78, 5) is 56.3. The van der Waals surface area contributed by atoms with E-state index in [0.717, 1.165) is 137 Å². The largest absolute Gasteiger partial charge is 1.00 e. The van der Waals surface area contributed by atoms with Crippen molar-refractivity contribution in [1.29, 1.82) is 0 Å². The summed E-state index contributed by atoms with van der Waals surface area (Å²) < 4.78 is 20.9. The van der Waals surface area contributed by atoms with E-state index in [9.17, 15) is 29.1 Å². The van der Waals surface area contributed by atoms with Crippen LogP contribution in [-0.4, -0.2) is 77.6 Å². The SMILES string of the molecule is C=[C-]CBr.Cl.[CH-]=C1CCC[C@@]2(C)C1CC[C@@H]2C(C)CCC(O)CC(=C)C(=O)OC.[CH-]=C1CCC[C@@]2(C)C1CC[C@@H]2C(C)CCC1C=C(C)C(=O)O1.[CH-]=C1CCC[C@@]2(C)C1CC[C@@H]2C(C)CCC1CC(=C)C(=O)O1.[CH-]=C1CCC[C@@]2(C)C1CC[C@@H]2C(C)CCC1CC(C)C(=O)O1.[CH-]=C1CCC[C@@]2(C)C1CC[C@@H]2C(C)CCC=O.[CH3-].[Cl][Rh]([Cl])[Cl].[Co].[Co].[HH].[Li+].[OH-].[Y].[Y].[Y].[Y].[Y].[Zn]. The number of halogens is 5. The maximum atomic E-state index is 11.5. The Hall–Kier alpha value is 5.15. The molecule has 3 heterocycles. The maximum Gasteiger partial charge on any atom is 1.00 e. The first kappa shape index (κ1) is 143. The van der Waals surface area contributed by atoms with Crippen LogP contribution >= 0.6 is 57.4 Å². The maximum absolute atomic E-state index is 11.5. The van der Waals surface area contributed by atoms with Crippen molar-refractivity contribution in [3.8, 4) is 0 Å². The standard InChI is InChI=1S/C21H33O3.C20H31O2.2C20H29O2.C16H25O.C3H4Br.CH3.4ClH.2Co.Li.H2O.Rh.5Y.Zn.H2/c1-14-7-6-12-21(4)18(14)10-11-19(21)15(2)8-9-17(22)13-16(3)20(23)24-5;3*1-13-6-5-11-20(4)17(13)9-10-18(20)14(2)7-8-16-12-15(3)19(21)22-16;1-12-6-4-10-16(3)14(12)8-9-15(16)13(2)7-5-11-17;1-2-3-4;;;;;;;;;;;;;;;;;/h1,15,17-19,22H,3,6-13H2,2,4-5H3;1,14-18H,5-12H2,2-4H3;1,12,14,16-18H,5-11H2,2-4H3;1,14,16-18H,3,5-12H2,2,4H3;1,11,13-15H,4-10H2,2-3H3;1,3H2;1H3;4*1H;;;;1H2;;;;;;;;1H/q7*-1;;;;;;;+1;;+3;;;;;;;/p-4/t15?,17?,18?,19-,21+;14?,15?,16?,17?,18-,20+;2*14?,16?,17?,18-,20+;13?,14?,15-,16+;;;;;;;;;;;;;;;;;;/m11111................../s1. The number of carbonyl (C=O) groups excluding carboxylic acids is 5. The molecule has 0 aromatic rings. The molecule has 11 nitrogen and oxygen atoms in total. The van der Waals surface area contributed by atoms with E-state index in [1.165, 1.54) is 170 Å². The zero-order valence-electron chi connectivity index (χ0n) is 80.4. The van der Waals surface area contributed by atoms with Crippen molar-refractivity contribution in [2.24, 2.45) is 122 Å². The van der Waals surface area contributed by atoms with Crippen molar-refractivity contribution >= 4 is 87.6 Å². The molecule has 2 saturated heterocycles. The normalized spacial score (nSPS) is 33.0.